The second-order valence-electron chi connectivity index (χ2n) is 14.0. The van der Waals surface area contributed by atoms with Crippen molar-refractivity contribution < 1.29 is 69.4 Å². The summed E-state index contributed by atoms with van der Waals surface area (Å²) in [5, 5.41) is 21.3. The summed E-state index contributed by atoms with van der Waals surface area (Å²) in [5.41, 5.74) is 6.94. The van der Waals surface area contributed by atoms with Gasteiger partial charge >= 0.3 is 30.8 Å². The van der Waals surface area contributed by atoms with E-state index in [0.29, 0.717) is 44.2 Å². The molecule has 0 spiro atoms. The number of hydrogen-bond donors (Lipinski definition) is 2. The van der Waals surface area contributed by atoms with Crippen molar-refractivity contribution in [3.05, 3.63) is 125 Å². The quantitative estimate of drug-likeness (QED) is 0.0640. The number of aromatic hydroxyl groups is 1. The summed E-state index contributed by atoms with van der Waals surface area (Å²) in [6.07, 6.45) is 3.58. The summed E-state index contributed by atoms with van der Waals surface area (Å²) in [7, 11) is 9.95. The van der Waals surface area contributed by atoms with Crippen LogP contribution in [0.2, 0.25) is 20.1 Å². The molecular formula is C43H51AlCl7LiO10S. The van der Waals surface area contributed by atoms with E-state index in [1.165, 1.54) is 25.8 Å². The largest absolute Gasteiger partial charge is 1.00 e. The third-order valence-corrected chi connectivity index (χ3v) is 9.96. The zero-order valence-corrected chi connectivity index (χ0v) is 41.1. The zero-order chi connectivity index (χ0) is 45.7. The number of fused-ring (bicyclic) bond motifs is 3. The number of methoxy groups -OCH3 is 2. The Morgan fingerprint density at radius 1 is 0.730 bits per heavy atom. The minimum atomic E-state index is -1.67. The molecule has 3 heterocycles. The number of halogens is 7. The molecule has 20 heteroatoms. The van der Waals surface area contributed by atoms with Crippen LogP contribution < -0.4 is 33.1 Å². The fraction of sp³-hybridized carbons (Fsp3) is 0.349. The molecule has 0 aliphatic carbocycles. The van der Waals surface area contributed by atoms with Gasteiger partial charge in [-0.15, -0.1) is 11.6 Å². The van der Waals surface area contributed by atoms with Crippen LogP contribution in [0.4, 0.5) is 0 Å². The van der Waals surface area contributed by atoms with E-state index in [9.17, 15) is 14.7 Å². The van der Waals surface area contributed by atoms with Gasteiger partial charge in [0.25, 0.3) is 0 Å². The molecule has 4 aromatic rings. The van der Waals surface area contributed by atoms with Crippen molar-refractivity contribution in [2.45, 2.75) is 84.2 Å². The molecule has 0 fully saturated rings. The van der Waals surface area contributed by atoms with Gasteiger partial charge in [-0.3, -0.25) is 0 Å². The number of aliphatic hydroxyl groups excluding tert-OH is 1. The molecule has 3 aliphatic heterocycles. The number of rotatable bonds is 6. The standard InChI is InChI=1S/C12H13ClO3.C11H11ClO3.C10H10Cl2O.C10H11ClO2.Al.Cl2OS.Li.H2.4H/c1-7(2)4-8-5-9(13)6-10(11(8)14)12(15)16-3;1-6-3-7-4-8(12)5-9(10(7)15-6)11(13)14-2;1-6-2-7-3-9(12)4-8(5-11)10(7)13-6;1-6-2-7-3-9(11)4-8(5-12)10(7)13-6;;1-4(2)3;;;;;;/h5-6,14H,1,4H2,2-3H3;4-6H,3H2,1-2H3;3-4,6H,2,5H2,1H3;3-4,6,12H,2,5H2,1H3;;;;1H;;;;/q;;;;;;+1;;;;;-1/i;;;;;;;1+1;;;;. The smallest absolute Gasteiger partial charge is 1.00 e. The maximum atomic E-state index is 11.5. The number of carbonyl (C=O) groups excluding carboxylic acids is 2. The Balaban J connectivity index is 0. The summed E-state index contributed by atoms with van der Waals surface area (Å²) in [6.45, 7) is 11.6. The number of esters is 2. The third-order valence-electron chi connectivity index (χ3n) is 8.80. The molecule has 3 aliphatic rings. The molecular weight excluding hydrogens is 991 g/mol. The molecule has 10 nitrogen and oxygen atoms in total. The minimum absolute atomic E-state index is 0. The number of carbonyl (C=O) groups is 2. The van der Waals surface area contributed by atoms with Gasteiger partial charge in [-0.1, -0.05) is 58.6 Å². The SMILES string of the molecule is C=C(C)Cc1cc(Cl)cc(C(=O)OC)c1O.CC1Cc2cc(Cl)cc(CCl)c2O1.CC1Cc2cc(Cl)cc(CO)c2O1.COC(=O)c1cc(Cl)cc2c1OC(C)C2.O=S(Cl)Cl.[2HH].[AlH3].[H-].[Li+]. The molecule has 0 amide bonds. The van der Waals surface area contributed by atoms with Gasteiger partial charge in [0.15, 0.2) is 17.4 Å². The van der Waals surface area contributed by atoms with Crippen LogP contribution in [0.25, 0.3) is 0 Å². The zero-order valence-electron chi connectivity index (χ0n) is 36.0. The molecule has 0 saturated heterocycles. The predicted molar refractivity (Wildman–Crippen MR) is 259 cm³/mol. The van der Waals surface area contributed by atoms with Gasteiger partial charge in [-0.25, -0.2) is 13.8 Å². The van der Waals surface area contributed by atoms with Gasteiger partial charge < -0.3 is 35.3 Å². The predicted octanol–water partition coefficient (Wildman–Crippen LogP) is 8.18. The van der Waals surface area contributed by atoms with E-state index in [-0.39, 0.29) is 75.3 Å². The van der Waals surface area contributed by atoms with Crippen molar-refractivity contribution >= 4 is 118 Å². The first-order valence-corrected chi connectivity index (χ1v) is 23.2. The van der Waals surface area contributed by atoms with Crippen molar-refractivity contribution in [2.24, 2.45) is 0 Å². The summed E-state index contributed by atoms with van der Waals surface area (Å²) >= 11 is 29.4. The number of aliphatic hydroxyl groups is 1. The van der Waals surface area contributed by atoms with E-state index >= 15 is 0 Å². The second kappa shape index (κ2) is 28.3. The minimum Gasteiger partial charge on any atom is -1.00 e. The molecule has 0 saturated carbocycles. The van der Waals surface area contributed by atoms with E-state index in [1.54, 1.807) is 18.2 Å². The Labute approximate surface area is 430 Å². The molecule has 3 unspecified atom stereocenters. The first-order valence-electron chi connectivity index (χ1n) is 18.4. The summed E-state index contributed by atoms with van der Waals surface area (Å²) in [6, 6.07) is 13.9. The number of alkyl halides is 1. The fourth-order valence-corrected chi connectivity index (χ4v) is 7.69. The van der Waals surface area contributed by atoms with Crippen molar-refractivity contribution in [1.82, 2.24) is 0 Å². The van der Waals surface area contributed by atoms with Gasteiger partial charge in [0, 0.05) is 84.4 Å². The molecule has 0 radical (unpaired) electrons. The van der Waals surface area contributed by atoms with Crippen LogP contribution in [0, 0.1) is 0 Å². The van der Waals surface area contributed by atoms with E-state index in [0.717, 1.165) is 63.6 Å². The van der Waals surface area contributed by atoms with Crippen LogP contribution in [0.5, 0.6) is 23.0 Å². The molecule has 342 valence electrons. The maximum Gasteiger partial charge on any atom is 1.00 e. The van der Waals surface area contributed by atoms with E-state index in [1.807, 2.05) is 52.0 Å². The van der Waals surface area contributed by atoms with Gasteiger partial charge in [0.05, 0.1) is 26.7 Å². The van der Waals surface area contributed by atoms with Crippen LogP contribution in [-0.4, -0.2) is 76.3 Å². The molecule has 2 N–H and O–H groups in total. The average molecular weight is 1040 g/mol. The number of benzene rings is 4. The van der Waals surface area contributed by atoms with Crippen molar-refractivity contribution in [1.29, 1.82) is 0 Å². The molecule has 63 heavy (non-hydrogen) atoms. The van der Waals surface area contributed by atoms with Crippen LogP contribution in [0.1, 0.15) is 84.6 Å². The van der Waals surface area contributed by atoms with Crippen molar-refractivity contribution in [3.8, 4) is 23.0 Å². The van der Waals surface area contributed by atoms with Gasteiger partial charge in [-0.2, -0.15) is 0 Å². The third kappa shape index (κ3) is 18.0. The number of phenolic OH excluding ortho intramolecular Hbond substituents is 1. The van der Waals surface area contributed by atoms with Crippen LogP contribution in [0.15, 0.2) is 60.7 Å². The Bertz CT molecular complexity index is 2190. The van der Waals surface area contributed by atoms with Gasteiger partial charge in [0.2, 0.25) is 9.23 Å². The van der Waals surface area contributed by atoms with E-state index in [4.69, 9.17) is 81.5 Å². The molecule has 4 aromatic carbocycles. The van der Waals surface area contributed by atoms with Crippen molar-refractivity contribution in [2.75, 3.05) is 14.2 Å². The maximum absolute atomic E-state index is 11.5. The second-order valence-corrected chi connectivity index (χ2v) is 18.5. The van der Waals surface area contributed by atoms with Crippen LogP contribution in [-0.2, 0) is 56.9 Å². The fourth-order valence-electron chi connectivity index (χ4n) is 6.49. The number of ether oxygens (including phenoxy) is 5. The van der Waals surface area contributed by atoms with E-state index in [2.05, 4.69) is 37.4 Å². The van der Waals surface area contributed by atoms with Crippen LogP contribution in [0.3, 0.4) is 0 Å². The normalized spacial score (nSPS) is 15.6. The average Bonchev–Trinajstić information content (AvgIpc) is 3.88. The number of hydrogen-bond acceptors (Lipinski definition) is 10. The van der Waals surface area contributed by atoms with Crippen LogP contribution >= 0.6 is 79.4 Å². The van der Waals surface area contributed by atoms with Crippen molar-refractivity contribution in [3.63, 3.8) is 0 Å². The number of allylic oxidation sites excluding steroid dienone is 1. The molecule has 0 bridgehead atoms. The van der Waals surface area contributed by atoms with Gasteiger partial charge in [-0.05, 0) is 93.8 Å². The molecule has 0 aromatic heterocycles. The first-order chi connectivity index (χ1) is 28.7. The van der Waals surface area contributed by atoms with Gasteiger partial charge in [0.1, 0.15) is 52.4 Å². The monoisotopic (exact) mass is 1040 g/mol. The topological polar surface area (TPSA) is 138 Å². The molecule has 7 rings (SSSR count). The Kier molecular flexibility index (Phi) is 26.5. The Hall–Kier alpha value is -1.97. The summed E-state index contributed by atoms with van der Waals surface area (Å²) < 4.78 is 35.1. The van der Waals surface area contributed by atoms with E-state index < -0.39 is 21.2 Å². The summed E-state index contributed by atoms with van der Waals surface area (Å²) in [4.78, 5) is 22.8. The Morgan fingerprint density at radius 3 is 1.51 bits per heavy atom. The number of phenols is 1. The molecule has 3 atom stereocenters. The Morgan fingerprint density at radius 2 is 1.08 bits per heavy atom. The first kappa shape index (κ1) is 59.0. The summed E-state index contributed by atoms with van der Waals surface area (Å²) in [5.74, 6) is 1.70.